The molecule has 2 N–H and O–H groups in total. The van der Waals surface area contributed by atoms with Crippen LogP contribution in [-0.2, 0) is 21.4 Å². The van der Waals surface area contributed by atoms with Gasteiger partial charge in [0.15, 0.2) is 0 Å². The van der Waals surface area contributed by atoms with Crippen LogP contribution in [0.1, 0.15) is 18.4 Å². The van der Waals surface area contributed by atoms with Crippen molar-refractivity contribution in [3.8, 4) is 0 Å². The fourth-order valence-electron chi connectivity index (χ4n) is 2.14. The first-order chi connectivity index (χ1) is 9.82. The minimum absolute atomic E-state index is 0.191. The number of carboxylic acids is 1. The summed E-state index contributed by atoms with van der Waals surface area (Å²) in [6.07, 6.45) is 1.86. The lowest BCUT2D eigenvalue weighted by molar-refractivity contribution is -0.140. The van der Waals surface area contributed by atoms with Gasteiger partial charge in [-0.1, -0.05) is 12.1 Å². The van der Waals surface area contributed by atoms with Gasteiger partial charge in [0.05, 0.1) is 4.90 Å². The highest BCUT2D eigenvalue weighted by Gasteiger charge is 2.35. The second-order valence-corrected chi connectivity index (χ2v) is 7.62. The minimum Gasteiger partial charge on any atom is -0.480 e. The molecule has 0 spiro atoms. The van der Waals surface area contributed by atoms with Gasteiger partial charge in [0.25, 0.3) is 0 Å². The molecule has 1 aromatic rings. The van der Waals surface area contributed by atoms with Crippen LogP contribution < -0.4 is 5.32 Å². The molecule has 7 heteroatoms. The molecule has 21 heavy (non-hydrogen) atoms. The summed E-state index contributed by atoms with van der Waals surface area (Å²) in [4.78, 5) is 11.4. The van der Waals surface area contributed by atoms with Crippen LogP contribution in [0, 0.1) is 5.92 Å². The van der Waals surface area contributed by atoms with Gasteiger partial charge in [-0.3, -0.25) is 4.79 Å². The van der Waals surface area contributed by atoms with Gasteiger partial charge in [0.2, 0.25) is 10.0 Å². The second kappa shape index (κ2) is 6.13. The lowest BCUT2D eigenvalue weighted by Crippen LogP contribution is -2.38. The maximum absolute atomic E-state index is 12.1. The number of nitrogens with zero attached hydrogens (tertiary/aromatic N) is 1. The number of hydrogen-bond donors (Lipinski definition) is 2. The minimum atomic E-state index is -3.47. The Labute approximate surface area is 124 Å². The Morgan fingerprint density at radius 3 is 2.62 bits per heavy atom. The van der Waals surface area contributed by atoms with Crippen LogP contribution >= 0.6 is 0 Å². The van der Waals surface area contributed by atoms with Crippen LogP contribution in [0.3, 0.4) is 0 Å². The van der Waals surface area contributed by atoms with Crippen LogP contribution in [0.2, 0.25) is 0 Å². The molecule has 1 atom stereocenters. The quantitative estimate of drug-likeness (QED) is 0.781. The van der Waals surface area contributed by atoms with Gasteiger partial charge in [-0.15, -0.1) is 0 Å². The number of sulfonamides is 1. The molecule has 0 saturated heterocycles. The molecular formula is C14H20N2O4S. The topological polar surface area (TPSA) is 86.7 Å². The number of benzene rings is 1. The predicted molar refractivity (Wildman–Crippen MR) is 78.3 cm³/mol. The van der Waals surface area contributed by atoms with E-state index in [9.17, 15) is 13.2 Å². The summed E-state index contributed by atoms with van der Waals surface area (Å²) in [6, 6.07) is 6.01. The Balaban J connectivity index is 2.09. The molecule has 0 amide bonds. The van der Waals surface area contributed by atoms with Crippen molar-refractivity contribution in [2.24, 2.45) is 5.92 Å². The summed E-state index contributed by atoms with van der Waals surface area (Å²) < 4.78 is 25.3. The lowest BCUT2D eigenvalue weighted by atomic mass is 10.1. The summed E-state index contributed by atoms with van der Waals surface area (Å²) in [5.74, 6) is -0.661. The zero-order chi connectivity index (χ0) is 15.6. The maximum Gasteiger partial charge on any atom is 0.320 e. The summed E-state index contributed by atoms with van der Waals surface area (Å²) >= 11 is 0. The van der Waals surface area contributed by atoms with E-state index in [1.807, 2.05) is 0 Å². The smallest absolute Gasteiger partial charge is 0.320 e. The Morgan fingerprint density at radius 1 is 1.43 bits per heavy atom. The Morgan fingerprint density at radius 2 is 2.10 bits per heavy atom. The molecule has 1 saturated carbocycles. The average molecular weight is 312 g/mol. The van der Waals surface area contributed by atoms with Gasteiger partial charge >= 0.3 is 5.97 Å². The van der Waals surface area contributed by atoms with E-state index in [1.165, 1.54) is 20.2 Å². The Kier molecular flexibility index (Phi) is 4.65. The monoisotopic (exact) mass is 312 g/mol. The van der Waals surface area contributed by atoms with Crippen LogP contribution in [0.15, 0.2) is 29.2 Å². The first-order valence-corrected chi connectivity index (χ1v) is 8.24. The molecule has 0 aliphatic heterocycles. The number of nitrogens with one attached hydrogen (secondary N) is 1. The molecule has 2 rings (SSSR count). The highest BCUT2D eigenvalue weighted by Crippen LogP contribution is 2.32. The molecular weight excluding hydrogens is 292 g/mol. The van der Waals surface area contributed by atoms with Crippen molar-refractivity contribution in [2.45, 2.75) is 30.3 Å². The molecule has 6 nitrogen and oxygen atoms in total. The first kappa shape index (κ1) is 15.9. The van der Waals surface area contributed by atoms with Gasteiger partial charge in [-0.2, -0.15) is 0 Å². The molecule has 0 heterocycles. The normalized spacial score (nSPS) is 16.9. The van der Waals surface area contributed by atoms with Crippen molar-refractivity contribution < 1.29 is 18.3 Å². The summed E-state index contributed by atoms with van der Waals surface area (Å²) in [7, 11) is -0.509. The highest BCUT2D eigenvalue weighted by atomic mass is 32.2. The van der Waals surface area contributed by atoms with Gasteiger partial charge in [-0.25, -0.2) is 12.7 Å². The molecule has 1 fully saturated rings. The van der Waals surface area contributed by atoms with E-state index in [0.29, 0.717) is 6.54 Å². The van der Waals surface area contributed by atoms with Crippen LogP contribution in [-0.4, -0.2) is 43.9 Å². The third kappa shape index (κ3) is 3.81. The van der Waals surface area contributed by atoms with Crippen LogP contribution in [0.5, 0.6) is 0 Å². The number of rotatable bonds is 7. The first-order valence-electron chi connectivity index (χ1n) is 6.80. The number of carbonyl (C=O) groups is 1. The van der Waals surface area contributed by atoms with E-state index < -0.39 is 22.0 Å². The van der Waals surface area contributed by atoms with Crippen molar-refractivity contribution in [3.05, 3.63) is 29.8 Å². The third-order valence-corrected chi connectivity index (χ3v) is 5.37. The Hall–Kier alpha value is -1.44. The predicted octanol–water partition coefficient (Wildman–Crippen LogP) is 0.890. The summed E-state index contributed by atoms with van der Waals surface area (Å²) in [6.45, 7) is 0.338. The number of hydrogen-bond acceptors (Lipinski definition) is 4. The molecule has 1 unspecified atom stereocenters. The summed E-state index contributed by atoms with van der Waals surface area (Å²) in [5, 5.41) is 12.2. The van der Waals surface area contributed by atoms with E-state index in [1.54, 1.807) is 18.2 Å². The zero-order valence-electron chi connectivity index (χ0n) is 12.1. The fraction of sp³-hybridized carbons (Fsp3) is 0.500. The van der Waals surface area contributed by atoms with Crippen molar-refractivity contribution in [1.82, 2.24) is 9.62 Å². The summed E-state index contributed by atoms with van der Waals surface area (Å²) in [5.41, 5.74) is 0.754. The number of aliphatic carboxylic acids is 1. The van der Waals surface area contributed by atoms with E-state index in [2.05, 4.69) is 5.32 Å². The van der Waals surface area contributed by atoms with Gasteiger partial charge in [0.1, 0.15) is 6.04 Å². The van der Waals surface area contributed by atoms with Gasteiger partial charge in [-0.05, 0) is 36.5 Å². The SMILES string of the molecule is CN(C)S(=O)(=O)c1cccc(CNC(C(=O)O)C2CC2)c1. The third-order valence-electron chi connectivity index (χ3n) is 3.56. The van der Waals surface area contributed by atoms with E-state index in [-0.39, 0.29) is 10.8 Å². The molecule has 1 aliphatic rings. The van der Waals surface area contributed by atoms with E-state index in [0.717, 1.165) is 22.7 Å². The number of carboxylic acid groups (broad SMARTS) is 1. The standard InChI is InChI=1S/C14H20N2O4S/c1-16(2)21(19,20)12-5-3-4-10(8-12)9-15-13(14(17)18)11-6-7-11/h3-5,8,11,13,15H,6-7,9H2,1-2H3,(H,17,18). The van der Waals surface area contributed by atoms with Gasteiger partial charge < -0.3 is 10.4 Å². The van der Waals surface area contributed by atoms with Gasteiger partial charge in [0, 0.05) is 20.6 Å². The van der Waals surface area contributed by atoms with Crippen molar-refractivity contribution in [3.63, 3.8) is 0 Å². The highest BCUT2D eigenvalue weighted by molar-refractivity contribution is 7.89. The zero-order valence-corrected chi connectivity index (χ0v) is 12.9. The molecule has 0 bridgehead atoms. The van der Waals surface area contributed by atoms with Crippen molar-refractivity contribution in [1.29, 1.82) is 0 Å². The fourth-order valence-corrected chi connectivity index (χ4v) is 3.11. The lowest BCUT2D eigenvalue weighted by Gasteiger charge is -2.15. The average Bonchev–Trinajstić information content (AvgIpc) is 3.23. The molecule has 0 radical (unpaired) electrons. The van der Waals surface area contributed by atoms with Crippen molar-refractivity contribution in [2.75, 3.05) is 14.1 Å². The molecule has 116 valence electrons. The van der Waals surface area contributed by atoms with E-state index in [4.69, 9.17) is 5.11 Å². The molecule has 0 aromatic heterocycles. The Bertz CT molecular complexity index is 624. The molecule has 1 aliphatic carbocycles. The van der Waals surface area contributed by atoms with Crippen LogP contribution in [0.4, 0.5) is 0 Å². The van der Waals surface area contributed by atoms with E-state index >= 15 is 0 Å². The maximum atomic E-state index is 12.1. The van der Waals surface area contributed by atoms with Crippen molar-refractivity contribution >= 4 is 16.0 Å². The molecule has 1 aromatic carbocycles. The van der Waals surface area contributed by atoms with Crippen LogP contribution in [0.25, 0.3) is 0 Å². The second-order valence-electron chi connectivity index (χ2n) is 5.47. The largest absolute Gasteiger partial charge is 0.480 e.